The number of hydrogen-bond donors (Lipinski definition) is 0. The molecule has 104 valence electrons. The van der Waals surface area contributed by atoms with E-state index in [4.69, 9.17) is 0 Å². The van der Waals surface area contributed by atoms with Crippen LogP contribution in [0.15, 0.2) is 0 Å². The standard InChI is InChI=1S/C13H16O6/c1-18-12(16)8-4-6-3-7(10(8)14)5-9(11(6)15)13(17)19-2/h6-9H,3-5H2,1-2H3/t6-,7+,8-,9-/m0/s1. The van der Waals surface area contributed by atoms with Crippen LogP contribution in [0.5, 0.6) is 0 Å². The van der Waals surface area contributed by atoms with Gasteiger partial charge in [0.1, 0.15) is 23.4 Å². The summed E-state index contributed by atoms with van der Waals surface area (Å²) in [6.45, 7) is 0. The second-order valence-electron chi connectivity index (χ2n) is 5.06. The minimum Gasteiger partial charge on any atom is -0.468 e. The van der Waals surface area contributed by atoms with Gasteiger partial charge in [0.15, 0.2) is 0 Å². The number of fused-ring (bicyclic) bond motifs is 2. The van der Waals surface area contributed by atoms with Crippen LogP contribution in [0.2, 0.25) is 0 Å². The van der Waals surface area contributed by atoms with Gasteiger partial charge >= 0.3 is 11.9 Å². The Balaban J connectivity index is 2.21. The molecule has 0 unspecified atom stereocenters. The fourth-order valence-electron chi connectivity index (χ4n) is 3.08. The van der Waals surface area contributed by atoms with Gasteiger partial charge in [-0.05, 0) is 19.3 Å². The third-order valence-electron chi connectivity index (χ3n) is 4.07. The minimum absolute atomic E-state index is 0.147. The maximum Gasteiger partial charge on any atom is 0.316 e. The van der Waals surface area contributed by atoms with Crippen molar-refractivity contribution >= 4 is 23.5 Å². The van der Waals surface area contributed by atoms with Crippen molar-refractivity contribution in [3.8, 4) is 0 Å². The average molecular weight is 268 g/mol. The number of hydrogen-bond acceptors (Lipinski definition) is 6. The van der Waals surface area contributed by atoms with Crippen LogP contribution in [0.25, 0.3) is 0 Å². The predicted octanol–water partition coefficient (Wildman–Crippen LogP) is 0.133. The van der Waals surface area contributed by atoms with E-state index >= 15 is 0 Å². The summed E-state index contributed by atoms with van der Waals surface area (Å²) in [5, 5.41) is 0. The lowest BCUT2D eigenvalue weighted by Gasteiger charge is -2.38. The van der Waals surface area contributed by atoms with E-state index < -0.39 is 35.6 Å². The highest BCUT2D eigenvalue weighted by Gasteiger charge is 2.50. The lowest BCUT2D eigenvalue weighted by atomic mass is 9.63. The van der Waals surface area contributed by atoms with Gasteiger partial charge in [-0.1, -0.05) is 0 Å². The molecule has 0 aromatic carbocycles. The van der Waals surface area contributed by atoms with Gasteiger partial charge in [0.05, 0.1) is 14.2 Å². The van der Waals surface area contributed by atoms with E-state index in [9.17, 15) is 19.2 Å². The molecule has 0 aromatic heterocycles. The zero-order valence-electron chi connectivity index (χ0n) is 10.9. The summed E-state index contributed by atoms with van der Waals surface area (Å²) in [5.74, 6) is -4.20. The molecule has 2 aliphatic carbocycles. The molecule has 6 heteroatoms. The van der Waals surface area contributed by atoms with Crippen molar-refractivity contribution in [2.75, 3.05) is 14.2 Å². The summed E-state index contributed by atoms with van der Waals surface area (Å²) < 4.78 is 9.19. The molecular formula is C13H16O6. The molecule has 4 atom stereocenters. The second-order valence-corrected chi connectivity index (χ2v) is 5.06. The van der Waals surface area contributed by atoms with E-state index in [1.165, 1.54) is 14.2 Å². The maximum absolute atomic E-state index is 12.1. The van der Waals surface area contributed by atoms with Crippen LogP contribution in [0.4, 0.5) is 0 Å². The van der Waals surface area contributed by atoms with Gasteiger partial charge in [-0.2, -0.15) is 0 Å². The number of ketones is 2. The van der Waals surface area contributed by atoms with Gasteiger partial charge in [-0.3, -0.25) is 19.2 Å². The van der Waals surface area contributed by atoms with Gasteiger partial charge in [-0.25, -0.2) is 0 Å². The van der Waals surface area contributed by atoms with Crippen LogP contribution in [0, 0.1) is 23.7 Å². The average Bonchev–Trinajstić information content (AvgIpc) is 2.43. The topological polar surface area (TPSA) is 86.7 Å². The largest absolute Gasteiger partial charge is 0.468 e. The maximum atomic E-state index is 12.1. The number of methoxy groups -OCH3 is 2. The summed E-state index contributed by atoms with van der Waals surface area (Å²) in [6.07, 6.45) is 0.724. The molecule has 19 heavy (non-hydrogen) atoms. The third kappa shape index (κ3) is 2.27. The first-order valence-corrected chi connectivity index (χ1v) is 6.22. The SMILES string of the molecule is COC(=O)[C@H]1C[C@@H]2C[C@H](C[C@H](C(=O)OC)C2=O)C1=O. The summed E-state index contributed by atoms with van der Waals surface area (Å²) in [7, 11) is 2.44. The fourth-order valence-corrected chi connectivity index (χ4v) is 3.08. The highest BCUT2D eigenvalue weighted by atomic mass is 16.5. The lowest BCUT2D eigenvalue weighted by Crippen LogP contribution is -2.48. The highest BCUT2D eigenvalue weighted by Crippen LogP contribution is 2.41. The number of rotatable bonds is 2. The Morgan fingerprint density at radius 3 is 1.53 bits per heavy atom. The quantitative estimate of drug-likeness (QED) is 0.522. The summed E-state index contributed by atoms with van der Waals surface area (Å²) in [4.78, 5) is 47.4. The van der Waals surface area contributed by atoms with Crippen molar-refractivity contribution in [1.82, 2.24) is 0 Å². The van der Waals surface area contributed by atoms with Crippen LogP contribution < -0.4 is 0 Å². The highest BCUT2D eigenvalue weighted by molar-refractivity contribution is 6.07. The van der Waals surface area contributed by atoms with Crippen molar-refractivity contribution in [2.45, 2.75) is 19.3 Å². The molecule has 2 fully saturated rings. The van der Waals surface area contributed by atoms with Crippen molar-refractivity contribution in [3.63, 3.8) is 0 Å². The molecular weight excluding hydrogens is 252 g/mol. The molecule has 0 saturated heterocycles. The van der Waals surface area contributed by atoms with Crippen LogP contribution in [0.3, 0.4) is 0 Å². The van der Waals surface area contributed by atoms with Gasteiger partial charge in [0.25, 0.3) is 0 Å². The van der Waals surface area contributed by atoms with Crippen LogP contribution in [0.1, 0.15) is 19.3 Å². The molecule has 2 aliphatic rings. The Labute approximate surface area is 110 Å². The van der Waals surface area contributed by atoms with Gasteiger partial charge in [-0.15, -0.1) is 0 Å². The molecule has 6 nitrogen and oxygen atoms in total. The molecule has 0 aliphatic heterocycles. The van der Waals surface area contributed by atoms with Crippen molar-refractivity contribution < 1.29 is 28.7 Å². The molecule has 2 saturated carbocycles. The molecule has 0 amide bonds. The number of carbonyl (C=O) groups excluding carboxylic acids is 4. The molecule has 2 rings (SSSR count). The predicted molar refractivity (Wildman–Crippen MR) is 61.9 cm³/mol. The van der Waals surface area contributed by atoms with Crippen molar-refractivity contribution in [1.29, 1.82) is 0 Å². The van der Waals surface area contributed by atoms with E-state index in [1.54, 1.807) is 0 Å². The van der Waals surface area contributed by atoms with Crippen LogP contribution >= 0.6 is 0 Å². The second kappa shape index (κ2) is 5.11. The fraction of sp³-hybridized carbons (Fsp3) is 0.692. The summed E-state index contributed by atoms with van der Waals surface area (Å²) in [6, 6.07) is 0. The first kappa shape index (κ1) is 13.7. The van der Waals surface area contributed by atoms with Gasteiger partial charge in [0, 0.05) is 11.8 Å². The first-order chi connectivity index (χ1) is 8.99. The van der Waals surface area contributed by atoms with E-state index in [1.807, 2.05) is 0 Å². The van der Waals surface area contributed by atoms with Gasteiger partial charge < -0.3 is 9.47 Å². The van der Waals surface area contributed by atoms with Crippen molar-refractivity contribution in [2.24, 2.45) is 23.7 Å². The number of ether oxygens (including phenoxy) is 2. The summed E-state index contributed by atoms with van der Waals surface area (Å²) in [5.41, 5.74) is 0. The van der Waals surface area contributed by atoms with Crippen LogP contribution in [-0.4, -0.2) is 37.7 Å². The Morgan fingerprint density at radius 1 is 0.842 bits per heavy atom. The number of Topliss-reactive ketones (excluding diaryl/α,β-unsaturated/α-hetero) is 2. The number of esters is 2. The first-order valence-electron chi connectivity index (χ1n) is 6.22. The van der Waals surface area contributed by atoms with Crippen molar-refractivity contribution in [3.05, 3.63) is 0 Å². The smallest absolute Gasteiger partial charge is 0.316 e. The Hall–Kier alpha value is -1.72. The lowest BCUT2D eigenvalue weighted by molar-refractivity contribution is -0.160. The monoisotopic (exact) mass is 268 g/mol. The Bertz CT molecular complexity index is 400. The van der Waals surface area contributed by atoms with E-state index in [0.29, 0.717) is 6.42 Å². The number of carbonyl (C=O) groups is 4. The molecule has 0 spiro atoms. The summed E-state index contributed by atoms with van der Waals surface area (Å²) >= 11 is 0. The molecule has 2 bridgehead atoms. The third-order valence-corrected chi connectivity index (χ3v) is 4.07. The van der Waals surface area contributed by atoms with E-state index in [0.717, 1.165) is 0 Å². The minimum atomic E-state index is -0.865. The van der Waals surface area contributed by atoms with Crippen LogP contribution in [-0.2, 0) is 28.7 Å². The normalized spacial score (nSPS) is 33.8. The molecule has 0 aromatic rings. The van der Waals surface area contributed by atoms with E-state index in [2.05, 4.69) is 9.47 Å². The van der Waals surface area contributed by atoms with E-state index in [-0.39, 0.29) is 24.4 Å². The zero-order chi connectivity index (χ0) is 14.2. The zero-order valence-corrected chi connectivity index (χ0v) is 10.9. The Kier molecular flexibility index (Phi) is 3.68. The molecule has 0 radical (unpaired) electrons. The Morgan fingerprint density at radius 2 is 1.21 bits per heavy atom. The van der Waals surface area contributed by atoms with Gasteiger partial charge in [0.2, 0.25) is 0 Å². The molecule has 0 N–H and O–H groups in total. The molecule has 0 heterocycles.